The Morgan fingerprint density at radius 1 is 0.688 bits per heavy atom. The van der Waals surface area contributed by atoms with Gasteiger partial charge in [0.25, 0.3) is 0 Å². The molecule has 1 fully saturated rings. The Balaban J connectivity index is 1.39. The van der Waals surface area contributed by atoms with Crippen LogP contribution in [0.4, 0.5) is 0 Å². The number of pyridine rings is 2. The molecule has 2 aromatic heterocycles. The van der Waals surface area contributed by atoms with E-state index in [1.807, 2.05) is 43.5 Å². The molecule has 3 aliphatic heterocycles. The standard InChI is InChI=1S/C55H53N4O3P.Os/c1-8-19-40-26-28-48(56-31-40)52-50-51(55(61)58(52)33-37(3)4)53(59(54(50)60)34-38(5)6)49-29-27-42(32-57-49)47(30-43-36-62-35-41(43)9-2)39(7)63(44-20-13-10-14-21-44,45-22-15-11-16-23-45)46-24-17-12-18-25-46;/h8-32,37-38H,33-36H2,1-6H3;/q+1;/b19-8+,41-9?,43-30?,47-39?;. The maximum atomic E-state index is 14.9. The fraction of sp³-hybridized carbons (Fsp3) is 0.218. The maximum absolute atomic E-state index is 14.9. The molecule has 7 nitrogen and oxygen atoms in total. The number of hydrogen-bond acceptors (Lipinski definition) is 5. The number of allylic oxidation sites excluding steroid dienone is 5. The van der Waals surface area contributed by atoms with Crippen molar-refractivity contribution in [3.05, 3.63) is 196 Å². The average molecular weight is 1040 g/mol. The first-order valence-electron chi connectivity index (χ1n) is 21.9. The van der Waals surface area contributed by atoms with Crippen LogP contribution in [0, 0.1) is 16.2 Å². The van der Waals surface area contributed by atoms with Crippen LogP contribution in [0.15, 0.2) is 173 Å². The van der Waals surface area contributed by atoms with Gasteiger partial charge in [-0.15, -0.1) is 0 Å². The minimum absolute atomic E-state index is 0.127. The zero-order valence-electron chi connectivity index (χ0n) is 37.2. The Kier molecular flexibility index (Phi) is 13.6. The predicted octanol–water partition coefficient (Wildman–Crippen LogP) is 9.74. The van der Waals surface area contributed by atoms with Crippen molar-refractivity contribution in [3.8, 4) is 4.37 Å². The number of benzene rings is 3. The predicted molar refractivity (Wildman–Crippen MR) is 259 cm³/mol. The van der Waals surface area contributed by atoms with Gasteiger partial charge < -0.3 is 0 Å². The van der Waals surface area contributed by atoms with Gasteiger partial charge in [0.2, 0.25) is 0 Å². The van der Waals surface area contributed by atoms with Crippen LogP contribution in [0.1, 0.15) is 64.1 Å². The van der Waals surface area contributed by atoms with E-state index in [1.54, 1.807) is 33.9 Å². The summed E-state index contributed by atoms with van der Waals surface area (Å²) >= 11 is 1.75. The second-order valence-electron chi connectivity index (χ2n) is 17.0. The summed E-state index contributed by atoms with van der Waals surface area (Å²) in [5.74, 6) is -0.130. The summed E-state index contributed by atoms with van der Waals surface area (Å²) in [5.41, 5.74) is 8.13. The molecular weight excluding hydrogens is 986 g/mol. The number of hydrogen-bond donors (Lipinski definition) is 0. The number of carbonyl (C=O) groups excluding carboxylic acids is 2. The second kappa shape index (κ2) is 19.5. The molecule has 323 valence electrons. The number of carbonyl (C=O) groups is 2. The molecule has 3 aromatic carbocycles. The number of aromatic nitrogens is 2. The Labute approximate surface area is 388 Å². The summed E-state index contributed by atoms with van der Waals surface area (Å²) in [6.45, 7) is 14.3. The third-order valence-electron chi connectivity index (χ3n) is 11.7. The number of fused-ring (bicyclic) bond motifs is 1. The molecule has 5 heterocycles. The number of rotatable bonds is 13. The molecule has 9 heteroatoms. The Bertz CT molecular complexity index is 2700. The summed E-state index contributed by atoms with van der Waals surface area (Å²) in [7, 11) is -2.61. The average Bonchev–Trinajstić information content (AvgIpc) is 3.97. The first-order chi connectivity index (χ1) is 31.1. The molecular formula is C55H53N4O3OsP+. The van der Waals surface area contributed by atoms with Crippen molar-refractivity contribution < 1.29 is 32.3 Å². The van der Waals surface area contributed by atoms with E-state index in [0.717, 1.165) is 33.2 Å². The van der Waals surface area contributed by atoms with Gasteiger partial charge in [-0.25, -0.2) is 0 Å². The Morgan fingerprint density at radius 2 is 1.17 bits per heavy atom. The van der Waals surface area contributed by atoms with Crippen LogP contribution in [0.25, 0.3) is 23.0 Å². The SMILES string of the molecule is CC=C1COCC1=CC(=C([C]#[Os])[P+](c1ccccc1)(c1ccccc1)c1ccccc1)c1ccc(C2=C3C(=O)N(CC(C)C)C(c4ccc(/C=C/C)cn4)=C3C(=O)N2CC(C)C)nc1. The zero-order chi connectivity index (χ0) is 45.0. The van der Waals surface area contributed by atoms with E-state index in [9.17, 15) is 9.59 Å². The van der Waals surface area contributed by atoms with Gasteiger partial charge in [0.05, 0.1) is 0 Å². The monoisotopic (exact) mass is 1040 g/mol. The number of ether oxygens (including phenoxy) is 1. The van der Waals surface area contributed by atoms with Crippen molar-refractivity contribution >= 4 is 58.0 Å². The van der Waals surface area contributed by atoms with Gasteiger partial charge in [-0.1, -0.05) is 32.1 Å². The summed E-state index contributed by atoms with van der Waals surface area (Å²) in [6, 6.07) is 40.4. The van der Waals surface area contributed by atoms with Crippen molar-refractivity contribution in [2.75, 3.05) is 26.3 Å². The third-order valence-corrected chi connectivity index (χ3v) is 17.1. The number of nitrogens with zero attached hydrogens (tertiary/aromatic N) is 4. The van der Waals surface area contributed by atoms with Crippen molar-refractivity contribution in [2.24, 2.45) is 11.8 Å². The fourth-order valence-electron chi connectivity index (χ4n) is 8.94. The van der Waals surface area contributed by atoms with Gasteiger partial charge in [-0.05, 0) is 24.5 Å². The van der Waals surface area contributed by atoms with Gasteiger partial charge in [-0.3, -0.25) is 4.98 Å². The van der Waals surface area contributed by atoms with Crippen LogP contribution < -0.4 is 15.9 Å². The van der Waals surface area contributed by atoms with E-state index in [-0.39, 0.29) is 23.7 Å². The van der Waals surface area contributed by atoms with Crippen LogP contribution >= 0.6 is 7.26 Å². The van der Waals surface area contributed by atoms with Crippen LogP contribution in [-0.2, 0) is 32.3 Å². The van der Waals surface area contributed by atoms with E-state index in [1.165, 1.54) is 15.9 Å². The van der Waals surface area contributed by atoms with Crippen molar-refractivity contribution in [1.82, 2.24) is 19.8 Å². The van der Waals surface area contributed by atoms with E-state index < -0.39 is 7.26 Å². The van der Waals surface area contributed by atoms with Gasteiger partial charge in [0.1, 0.15) is 0 Å². The van der Waals surface area contributed by atoms with E-state index in [0.29, 0.717) is 60.2 Å². The molecule has 2 amide bonds. The molecule has 64 heavy (non-hydrogen) atoms. The fourth-order valence-corrected chi connectivity index (χ4v) is 14.8. The molecule has 0 aliphatic carbocycles. The number of amides is 2. The molecule has 1 saturated heterocycles. The van der Waals surface area contributed by atoms with Crippen LogP contribution in [0.2, 0.25) is 0 Å². The van der Waals surface area contributed by atoms with Gasteiger partial charge in [0, 0.05) is 6.20 Å². The first kappa shape index (κ1) is 44.7. The molecule has 0 spiro atoms. The molecule has 0 bridgehead atoms. The summed E-state index contributed by atoms with van der Waals surface area (Å²) in [5, 5.41) is 4.71. The van der Waals surface area contributed by atoms with Crippen molar-refractivity contribution in [1.29, 1.82) is 0 Å². The zero-order valence-corrected chi connectivity index (χ0v) is 40.7. The van der Waals surface area contributed by atoms with Crippen molar-refractivity contribution in [2.45, 2.75) is 41.5 Å². The third kappa shape index (κ3) is 8.33. The molecule has 8 rings (SSSR count). The molecule has 3 aliphatic rings. The van der Waals surface area contributed by atoms with E-state index >= 15 is 0 Å². The second-order valence-corrected chi connectivity index (χ2v) is 21.0. The molecule has 0 saturated carbocycles. The van der Waals surface area contributed by atoms with Crippen LogP contribution in [0.3, 0.4) is 0 Å². The van der Waals surface area contributed by atoms with Gasteiger partial charge in [0.15, 0.2) is 0 Å². The normalized spacial score (nSPS) is 17.2. The van der Waals surface area contributed by atoms with E-state index in [2.05, 4.69) is 148 Å². The molecule has 0 unspecified atom stereocenters. The molecule has 0 N–H and O–H groups in total. The minimum atomic E-state index is -2.61. The summed E-state index contributed by atoms with van der Waals surface area (Å²) in [6.07, 6.45) is 12.0. The van der Waals surface area contributed by atoms with Crippen LogP contribution in [0.5, 0.6) is 0 Å². The van der Waals surface area contributed by atoms with Crippen molar-refractivity contribution in [3.63, 3.8) is 0 Å². The Hall–Kier alpha value is -5.85. The van der Waals surface area contributed by atoms with Gasteiger partial charge >= 0.3 is 322 Å². The summed E-state index contributed by atoms with van der Waals surface area (Å²) in [4.78, 5) is 43.2. The van der Waals surface area contributed by atoms with Gasteiger partial charge in [-0.2, -0.15) is 0 Å². The van der Waals surface area contributed by atoms with E-state index in [4.69, 9.17) is 14.7 Å². The Morgan fingerprint density at radius 3 is 1.58 bits per heavy atom. The summed E-state index contributed by atoms with van der Waals surface area (Å²) < 4.78 is 9.89. The van der Waals surface area contributed by atoms with Crippen LogP contribution in [-0.4, -0.2) is 57.9 Å². The molecule has 0 radical (unpaired) electrons. The first-order valence-corrected chi connectivity index (χ1v) is 25.0. The molecule has 0 atom stereocenters. The molecule has 5 aromatic rings. The quantitative estimate of drug-likeness (QED) is 0.110. The topological polar surface area (TPSA) is 75.6 Å².